The Morgan fingerprint density at radius 1 is 1.00 bits per heavy atom. The first-order valence-corrected chi connectivity index (χ1v) is 7.55. The Morgan fingerprint density at radius 2 is 1.62 bits per heavy atom. The molecule has 2 N–H and O–H groups in total. The number of carbonyl (C=O) groups is 2. The second-order valence-electron chi connectivity index (χ2n) is 5.34. The van der Waals surface area contributed by atoms with Crippen LogP contribution in [0.1, 0.15) is 10.4 Å². The van der Waals surface area contributed by atoms with E-state index in [2.05, 4.69) is 15.3 Å². The van der Waals surface area contributed by atoms with Crippen molar-refractivity contribution < 1.29 is 14.7 Å². The summed E-state index contributed by atoms with van der Waals surface area (Å²) in [5.74, 6) is -0.325. The number of amides is 2. The van der Waals surface area contributed by atoms with Crippen molar-refractivity contribution in [1.82, 2.24) is 14.9 Å². The molecule has 0 bridgehead atoms. The Kier molecular flexibility index (Phi) is 4.55. The van der Waals surface area contributed by atoms with Gasteiger partial charge >= 0.3 is 12.0 Å². The van der Waals surface area contributed by atoms with Crippen molar-refractivity contribution in [2.24, 2.45) is 0 Å². The standard InChI is InChI=1S/C16H17N5O3/c22-14(23)12-2-4-13(5-3-12)19-16(24)21-10-8-20(9-11-21)15-17-6-1-7-18-15/h1-7H,8-11H2,(H,19,24)(H,22,23). The summed E-state index contributed by atoms with van der Waals surface area (Å²) in [7, 11) is 0. The van der Waals surface area contributed by atoms with Crippen LogP contribution < -0.4 is 10.2 Å². The molecule has 1 aliphatic heterocycles. The summed E-state index contributed by atoms with van der Waals surface area (Å²) in [6, 6.07) is 7.64. The van der Waals surface area contributed by atoms with Gasteiger partial charge in [0.15, 0.2) is 0 Å². The lowest BCUT2D eigenvalue weighted by atomic mass is 10.2. The third kappa shape index (κ3) is 3.60. The quantitative estimate of drug-likeness (QED) is 0.887. The zero-order chi connectivity index (χ0) is 16.9. The number of carboxylic acid groups (broad SMARTS) is 1. The minimum Gasteiger partial charge on any atom is -0.478 e. The van der Waals surface area contributed by atoms with Crippen LogP contribution in [0.3, 0.4) is 0 Å². The van der Waals surface area contributed by atoms with E-state index in [-0.39, 0.29) is 11.6 Å². The number of benzene rings is 1. The number of carbonyl (C=O) groups excluding carboxylic acids is 1. The number of rotatable bonds is 3. The van der Waals surface area contributed by atoms with Gasteiger partial charge in [-0.3, -0.25) is 0 Å². The predicted molar refractivity (Wildman–Crippen MR) is 88.2 cm³/mol. The summed E-state index contributed by atoms with van der Waals surface area (Å²) in [5, 5.41) is 11.6. The van der Waals surface area contributed by atoms with Crippen LogP contribution in [0.4, 0.5) is 16.4 Å². The fraction of sp³-hybridized carbons (Fsp3) is 0.250. The highest BCUT2D eigenvalue weighted by molar-refractivity contribution is 5.91. The topological polar surface area (TPSA) is 98.7 Å². The molecule has 1 saturated heterocycles. The predicted octanol–water partition coefficient (Wildman–Crippen LogP) is 1.53. The van der Waals surface area contributed by atoms with Crippen molar-refractivity contribution in [3.63, 3.8) is 0 Å². The highest BCUT2D eigenvalue weighted by Gasteiger charge is 2.22. The van der Waals surface area contributed by atoms with Gasteiger partial charge in [-0.25, -0.2) is 19.6 Å². The average molecular weight is 327 g/mol. The number of hydrogen-bond acceptors (Lipinski definition) is 5. The Morgan fingerprint density at radius 3 is 2.21 bits per heavy atom. The SMILES string of the molecule is O=C(O)c1ccc(NC(=O)N2CCN(c3ncccn3)CC2)cc1. The molecule has 1 aliphatic rings. The third-order valence-corrected chi connectivity index (χ3v) is 3.78. The van der Waals surface area contributed by atoms with Gasteiger partial charge in [0, 0.05) is 44.3 Å². The van der Waals surface area contributed by atoms with Gasteiger partial charge in [0.2, 0.25) is 5.95 Å². The van der Waals surface area contributed by atoms with Crippen molar-refractivity contribution in [2.45, 2.75) is 0 Å². The summed E-state index contributed by atoms with van der Waals surface area (Å²) >= 11 is 0. The summed E-state index contributed by atoms with van der Waals surface area (Å²) < 4.78 is 0. The van der Waals surface area contributed by atoms with E-state index in [0.717, 1.165) is 0 Å². The van der Waals surface area contributed by atoms with Crippen molar-refractivity contribution in [3.8, 4) is 0 Å². The zero-order valence-electron chi connectivity index (χ0n) is 12.9. The highest BCUT2D eigenvalue weighted by atomic mass is 16.4. The van der Waals surface area contributed by atoms with Crippen LogP contribution in [0.2, 0.25) is 0 Å². The fourth-order valence-corrected chi connectivity index (χ4v) is 2.46. The van der Waals surface area contributed by atoms with Crippen LogP contribution in [0.5, 0.6) is 0 Å². The van der Waals surface area contributed by atoms with Crippen LogP contribution in [0, 0.1) is 0 Å². The molecular formula is C16H17N5O3. The number of anilines is 2. The molecule has 2 aromatic rings. The van der Waals surface area contributed by atoms with Gasteiger partial charge in [0.1, 0.15) is 0 Å². The van der Waals surface area contributed by atoms with Gasteiger partial charge in [0.25, 0.3) is 0 Å². The summed E-state index contributed by atoms with van der Waals surface area (Å²) in [6.07, 6.45) is 3.39. The first kappa shape index (κ1) is 15.7. The first-order chi connectivity index (χ1) is 11.6. The molecule has 0 unspecified atom stereocenters. The molecular weight excluding hydrogens is 310 g/mol. The van der Waals surface area contributed by atoms with Crippen LogP contribution in [0.15, 0.2) is 42.7 Å². The third-order valence-electron chi connectivity index (χ3n) is 3.78. The lowest BCUT2D eigenvalue weighted by molar-refractivity contribution is 0.0697. The lowest BCUT2D eigenvalue weighted by Crippen LogP contribution is -2.50. The molecule has 0 spiro atoms. The molecule has 124 valence electrons. The first-order valence-electron chi connectivity index (χ1n) is 7.55. The van der Waals surface area contributed by atoms with E-state index in [4.69, 9.17) is 5.11 Å². The van der Waals surface area contributed by atoms with E-state index in [0.29, 0.717) is 37.8 Å². The van der Waals surface area contributed by atoms with Crippen LogP contribution in [0.25, 0.3) is 0 Å². The van der Waals surface area contributed by atoms with Gasteiger partial charge in [-0.05, 0) is 30.3 Å². The molecule has 1 fully saturated rings. The Labute approximate surface area is 138 Å². The highest BCUT2D eigenvalue weighted by Crippen LogP contribution is 2.13. The van der Waals surface area contributed by atoms with Gasteiger partial charge in [-0.2, -0.15) is 0 Å². The van der Waals surface area contributed by atoms with Crippen LogP contribution >= 0.6 is 0 Å². The minimum absolute atomic E-state index is 0.185. The van der Waals surface area contributed by atoms with E-state index in [1.165, 1.54) is 12.1 Å². The van der Waals surface area contributed by atoms with Crippen LogP contribution in [-0.2, 0) is 0 Å². The van der Waals surface area contributed by atoms with Gasteiger partial charge in [-0.15, -0.1) is 0 Å². The zero-order valence-corrected chi connectivity index (χ0v) is 12.9. The maximum absolute atomic E-state index is 12.3. The number of nitrogens with zero attached hydrogens (tertiary/aromatic N) is 4. The largest absolute Gasteiger partial charge is 0.478 e. The number of piperazine rings is 1. The van der Waals surface area contributed by atoms with E-state index >= 15 is 0 Å². The number of hydrogen-bond donors (Lipinski definition) is 2. The minimum atomic E-state index is -0.993. The molecule has 2 amide bonds. The van der Waals surface area contributed by atoms with Gasteiger partial charge in [0.05, 0.1) is 5.56 Å². The van der Waals surface area contributed by atoms with Crippen molar-refractivity contribution in [3.05, 3.63) is 48.3 Å². The van der Waals surface area contributed by atoms with Gasteiger partial charge < -0.3 is 20.2 Å². The molecule has 0 radical (unpaired) electrons. The molecule has 3 rings (SSSR count). The number of urea groups is 1. The second kappa shape index (κ2) is 6.95. The second-order valence-corrected chi connectivity index (χ2v) is 5.34. The maximum Gasteiger partial charge on any atom is 0.335 e. The monoisotopic (exact) mass is 327 g/mol. The number of nitrogens with one attached hydrogen (secondary N) is 1. The molecule has 8 heteroatoms. The molecule has 0 saturated carbocycles. The summed E-state index contributed by atoms with van der Waals surface area (Å²) in [4.78, 5) is 35.3. The van der Waals surface area contributed by atoms with Crippen LogP contribution in [-0.4, -0.2) is 58.2 Å². The number of carboxylic acids is 1. The molecule has 8 nitrogen and oxygen atoms in total. The molecule has 24 heavy (non-hydrogen) atoms. The normalized spacial score (nSPS) is 14.3. The Hall–Kier alpha value is -3.16. The molecule has 0 aliphatic carbocycles. The van der Waals surface area contributed by atoms with Crippen molar-refractivity contribution >= 4 is 23.6 Å². The fourth-order valence-electron chi connectivity index (χ4n) is 2.46. The number of aromatic carboxylic acids is 1. The molecule has 1 aromatic heterocycles. The summed E-state index contributed by atoms with van der Waals surface area (Å²) in [6.45, 7) is 2.46. The van der Waals surface area contributed by atoms with E-state index < -0.39 is 5.97 Å². The maximum atomic E-state index is 12.3. The molecule has 1 aromatic carbocycles. The Balaban J connectivity index is 1.54. The van der Waals surface area contributed by atoms with Crippen molar-refractivity contribution in [1.29, 1.82) is 0 Å². The molecule has 0 atom stereocenters. The van der Waals surface area contributed by atoms with Gasteiger partial charge in [-0.1, -0.05) is 0 Å². The Bertz CT molecular complexity index is 712. The van der Waals surface area contributed by atoms with E-state index in [9.17, 15) is 9.59 Å². The molecule has 2 heterocycles. The lowest BCUT2D eigenvalue weighted by Gasteiger charge is -2.34. The average Bonchev–Trinajstić information content (AvgIpc) is 2.63. The smallest absolute Gasteiger partial charge is 0.335 e. The summed E-state index contributed by atoms with van der Waals surface area (Å²) in [5.41, 5.74) is 0.753. The van der Waals surface area contributed by atoms with Crippen molar-refractivity contribution in [2.75, 3.05) is 36.4 Å². The number of aromatic nitrogens is 2. The van der Waals surface area contributed by atoms with E-state index in [1.54, 1.807) is 35.5 Å². The van der Waals surface area contributed by atoms with E-state index in [1.807, 2.05) is 4.90 Å².